The van der Waals surface area contributed by atoms with Crippen LogP contribution in [0.2, 0.25) is 0 Å². The first-order valence-electron chi connectivity index (χ1n) is 14.2. The molecule has 5 aliphatic rings. The van der Waals surface area contributed by atoms with Crippen molar-refractivity contribution < 1.29 is 29.0 Å². The second-order valence-electron chi connectivity index (χ2n) is 12.0. The fourth-order valence-corrected chi connectivity index (χ4v) is 7.45. The van der Waals surface area contributed by atoms with E-state index in [1.807, 2.05) is 50.0 Å². The number of nitrogens with zero attached hydrogens (tertiary/aromatic N) is 2. The zero-order valence-corrected chi connectivity index (χ0v) is 22.4. The number of amides is 2. The number of esters is 1. The fraction of sp³-hybridized carbons (Fsp3) is 0.759. The van der Waals surface area contributed by atoms with Crippen molar-refractivity contribution in [3.63, 3.8) is 0 Å². The number of hydrogen-bond acceptors (Lipinski definition) is 6. The third-order valence-corrected chi connectivity index (χ3v) is 9.30. The Bertz CT molecular complexity index is 971. The third kappa shape index (κ3) is 4.24. The van der Waals surface area contributed by atoms with Gasteiger partial charge in [-0.1, -0.05) is 57.4 Å². The average molecular weight is 515 g/mol. The number of hydrogen-bond donors (Lipinski definition) is 1. The van der Waals surface area contributed by atoms with Gasteiger partial charge in [0, 0.05) is 12.6 Å². The summed E-state index contributed by atoms with van der Waals surface area (Å²) in [5.74, 6) is -2.78. The number of likely N-dealkylation sites (tertiary alicyclic amines) is 1. The van der Waals surface area contributed by atoms with Gasteiger partial charge in [-0.15, -0.1) is 0 Å². The van der Waals surface area contributed by atoms with Crippen molar-refractivity contribution in [1.82, 2.24) is 9.80 Å². The Balaban J connectivity index is 1.64. The Morgan fingerprint density at radius 2 is 1.76 bits per heavy atom. The van der Waals surface area contributed by atoms with Gasteiger partial charge in [-0.3, -0.25) is 14.4 Å². The van der Waals surface area contributed by atoms with E-state index >= 15 is 0 Å². The van der Waals surface area contributed by atoms with Crippen molar-refractivity contribution in [2.24, 2.45) is 17.8 Å². The van der Waals surface area contributed by atoms with Crippen LogP contribution in [0.3, 0.4) is 0 Å². The highest BCUT2D eigenvalue weighted by Crippen LogP contribution is 2.57. The first-order valence-corrected chi connectivity index (χ1v) is 14.2. The van der Waals surface area contributed by atoms with Crippen molar-refractivity contribution in [1.29, 1.82) is 0 Å². The molecule has 1 N–H and O–H groups in total. The van der Waals surface area contributed by atoms with Crippen LogP contribution in [0.25, 0.3) is 0 Å². The summed E-state index contributed by atoms with van der Waals surface area (Å²) < 4.78 is 12.5. The number of aliphatic hydroxyl groups excluding tert-OH is 1. The number of carbonyl (C=O) groups is 3. The number of cyclic esters (lactones) is 1. The maximum atomic E-state index is 14.5. The van der Waals surface area contributed by atoms with Gasteiger partial charge in [0.05, 0.1) is 30.8 Å². The molecule has 8 heteroatoms. The quantitative estimate of drug-likeness (QED) is 0.458. The normalized spacial score (nSPS) is 38.6. The minimum absolute atomic E-state index is 0.0877. The largest absolute Gasteiger partial charge is 0.465 e. The molecule has 1 unspecified atom stereocenters. The zero-order valence-electron chi connectivity index (χ0n) is 22.4. The van der Waals surface area contributed by atoms with Crippen LogP contribution in [0.5, 0.6) is 0 Å². The molecule has 0 radical (unpaired) electrons. The number of ether oxygens (including phenoxy) is 2. The highest BCUT2D eigenvalue weighted by molar-refractivity contribution is 5.99. The standard InChI is InChI=1S/C29H42N2O6/c1-19(2)21(18-32)31-24-26(34)30(20-12-7-6-8-13-20)16-11-15-29(24)22(25(31)33)23-27(35)36-17-10-5-4-9-14-28(23,3)37-29/h9,11,14-15,19-24,32H,4-8,10,12-13,16-18H2,1-3H3/b14-9-/t21-,22-,23+,24?,28-,29-/m0/s1. The molecule has 37 heavy (non-hydrogen) atoms. The Hall–Kier alpha value is -2.19. The van der Waals surface area contributed by atoms with Gasteiger partial charge in [-0.25, -0.2) is 0 Å². The van der Waals surface area contributed by atoms with Gasteiger partial charge in [0.25, 0.3) is 0 Å². The number of fused-ring (bicyclic) bond motifs is 2. The zero-order chi connectivity index (χ0) is 26.4. The SMILES string of the molecule is CC(C)[C@H](CO)N1C(=O)[C@@H]2[C@@H]3C(=O)OCCCC/C=C\[C@]3(C)O[C@@]23C=CCN(C2CCCCC2)C(=O)C13. The summed E-state index contributed by atoms with van der Waals surface area (Å²) in [6.07, 6.45) is 15.5. The van der Waals surface area contributed by atoms with E-state index in [4.69, 9.17) is 9.47 Å². The molecule has 1 aliphatic carbocycles. The van der Waals surface area contributed by atoms with Crippen LogP contribution in [0.1, 0.15) is 72.1 Å². The van der Waals surface area contributed by atoms with Gasteiger partial charge in [-0.2, -0.15) is 0 Å². The van der Waals surface area contributed by atoms with Crippen LogP contribution in [0, 0.1) is 17.8 Å². The van der Waals surface area contributed by atoms with Crippen LogP contribution in [-0.2, 0) is 23.9 Å². The van der Waals surface area contributed by atoms with Crippen LogP contribution >= 0.6 is 0 Å². The Morgan fingerprint density at radius 3 is 2.46 bits per heavy atom. The highest BCUT2D eigenvalue weighted by Gasteiger charge is 2.75. The van der Waals surface area contributed by atoms with E-state index in [0.717, 1.165) is 44.9 Å². The van der Waals surface area contributed by atoms with Crippen LogP contribution in [0.15, 0.2) is 24.3 Å². The number of allylic oxidation sites excluding steroid dienone is 1. The maximum Gasteiger partial charge on any atom is 0.313 e. The minimum atomic E-state index is -1.31. The van der Waals surface area contributed by atoms with E-state index in [2.05, 4.69) is 0 Å². The van der Waals surface area contributed by atoms with E-state index in [0.29, 0.717) is 13.2 Å². The molecular weight excluding hydrogens is 472 g/mol. The van der Waals surface area contributed by atoms with Crippen molar-refractivity contribution in [3.05, 3.63) is 24.3 Å². The van der Waals surface area contributed by atoms with Crippen LogP contribution < -0.4 is 0 Å². The summed E-state index contributed by atoms with van der Waals surface area (Å²) >= 11 is 0. The lowest BCUT2D eigenvalue weighted by Crippen LogP contribution is -2.60. The first kappa shape index (κ1) is 26.4. The van der Waals surface area contributed by atoms with E-state index in [-0.39, 0.29) is 30.4 Å². The molecule has 3 fully saturated rings. The summed E-state index contributed by atoms with van der Waals surface area (Å²) in [7, 11) is 0. The predicted octanol–water partition coefficient (Wildman–Crippen LogP) is 2.99. The molecule has 0 bridgehead atoms. The highest BCUT2D eigenvalue weighted by atomic mass is 16.6. The second-order valence-corrected chi connectivity index (χ2v) is 12.0. The summed E-state index contributed by atoms with van der Waals surface area (Å²) in [5, 5.41) is 10.4. The molecule has 0 aromatic rings. The smallest absolute Gasteiger partial charge is 0.313 e. The Morgan fingerprint density at radius 1 is 1.00 bits per heavy atom. The molecule has 5 rings (SSSR count). The Labute approximate surface area is 220 Å². The molecule has 4 aliphatic heterocycles. The van der Waals surface area contributed by atoms with E-state index in [1.54, 1.807) is 4.90 Å². The number of carbonyl (C=O) groups excluding carboxylic acids is 3. The van der Waals surface area contributed by atoms with Gasteiger partial charge in [0.15, 0.2) is 0 Å². The van der Waals surface area contributed by atoms with Crippen LogP contribution in [-0.4, -0.2) is 81.8 Å². The molecule has 2 amide bonds. The molecule has 0 aromatic carbocycles. The lowest BCUT2D eigenvalue weighted by molar-refractivity contribution is -0.163. The van der Waals surface area contributed by atoms with Gasteiger partial charge in [-0.05, 0) is 44.9 Å². The Kier molecular flexibility index (Phi) is 7.26. The molecule has 4 heterocycles. The number of rotatable bonds is 4. The van der Waals surface area contributed by atoms with E-state index in [1.165, 1.54) is 6.42 Å². The molecule has 204 valence electrons. The lowest BCUT2D eigenvalue weighted by atomic mass is 9.74. The summed E-state index contributed by atoms with van der Waals surface area (Å²) in [6, 6.07) is -1.39. The molecule has 2 saturated heterocycles. The van der Waals surface area contributed by atoms with Gasteiger partial charge in [0.2, 0.25) is 11.8 Å². The molecule has 1 spiro atoms. The monoisotopic (exact) mass is 514 g/mol. The average Bonchev–Trinajstić information content (AvgIpc) is 3.20. The topological polar surface area (TPSA) is 96.4 Å². The first-order chi connectivity index (χ1) is 17.7. The van der Waals surface area contributed by atoms with Crippen molar-refractivity contribution in [2.75, 3.05) is 19.8 Å². The van der Waals surface area contributed by atoms with Crippen LogP contribution in [0.4, 0.5) is 0 Å². The summed E-state index contributed by atoms with van der Waals surface area (Å²) in [6.45, 7) is 6.21. The van der Waals surface area contributed by atoms with Crippen molar-refractivity contribution in [3.8, 4) is 0 Å². The lowest BCUT2D eigenvalue weighted by Gasteiger charge is -2.43. The fourth-order valence-electron chi connectivity index (χ4n) is 7.45. The van der Waals surface area contributed by atoms with E-state index < -0.39 is 41.1 Å². The van der Waals surface area contributed by atoms with E-state index in [9.17, 15) is 19.5 Å². The van der Waals surface area contributed by atoms with Crippen molar-refractivity contribution in [2.45, 2.75) is 101 Å². The predicted molar refractivity (Wildman–Crippen MR) is 137 cm³/mol. The van der Waals surface area contributed by atoms with Gasteiger partial charge >= 0.3 is 5.97 Å². The van der Waals surface area contributed by atoms with Gasteiger partial charge < -0.3 is 24.4 Å². The molecule has 1 saturated carbocycles. The molecular formula is C29H42N2O6. The second kappa shape index (κ2) is 10.2. The van der Waals surface area contributed by atoms with Gasteiger partial charge in [0.1, 0.15) is 17.6 Å². The number of aliphatic hydroxyl groups is 1. The minimum Gasteiger partial charge on any atom is -0.465 e. The third-order valence-electron chi connectivity index (χ3n) is 9.30. The summed E-state index contributed by atoms with van der Waals surface area (Å²) in [5.41, 5.74) is -2.40. The van der Waals surface area contributed by atoms with Crippen molar-refractivity contribution >= 4 is 17.8 Å². The molecule has 8 nitrogen and oxygen atoms in total. The maximum absolute atomic E-state index is 14.5. The summed E-state index contributed by atoms with van der Waals surface area (Å²) in [4.78, 5) is 45.9. The molecule has 6 atom stereocenters. The molecule has 0 aromatic heterocycles.